The summed E-state index contributed by atoms with van der Waals surface area (Å²) >= 11 is 0. The summed E-state index contributed by atoms with van der Waals surface area (Å²) in [7, 11) is -0.950. The van der Waals surface area contributed by atoms with E-state index in [0.717, 1.165) is 0 Å². The number of rotatable bonds is 6. The van der Waals surface area contributed by atoms with Gasteiger partial charge in [0.25, 0.3) is 0 Å². The largest absolute Gasteiger partial charge is 0.460 e. The second-order valence-electron chi connectivity index (χ2n) is 6.30. The van der Waals surface area contributed by atoms with Crippen LogP contribution in [-0.2, 0) is 14.3 Å². The Morgan fingerprint density at radius 2 is 2.04 bits per heavy atom. The third-order valence-electron chi connectivity index (χ3n) is 2.70. The van der Waals surface area contributed by atoms with Crippen LogP contribution < -0.4 is 16.3 Å². The van der Waals surface area contributed by atoms with E-state index in [1.807, 2.05) is 0 Å². The van der Waals surface area contributed by atoms with Gasteiger partial charge in [-0.1, -0.05) is 6.07 Å². The molecule has 126 valence electrons. The van der Waals surface area contributed by atoms with Crippen LogP contribution in [0.4, 0.5) is 11.4 Å². The van der Waals surface area contributed by atoms with Gasteiger partial charge in [0.15, 0.2) is 0 Å². The summed E-state index contributed by atoms with van der Waals surface area (Å²) in [5, 5.41) is 14.8. The normalized spacial score (nSPS) is 12.4. The number of hydrogen-bond acceptors (Lipinski definition) is 6. The lowest BCUT2D eigenvalue weighted by Crippen LogP contribution is -2.48. The van der Waals surface area contributed by atoms with Crippen molar-refractivity contribution in [2.45, 2.75) is 45.7 Å². The van der Waals surface area contributed by atoms with E-state index in [9.17, 15) is 14.6 Å². The molecule has 7 nitrogen and oxygen atoms in total. The minimum absolute atomic E-state index is 0.198. The lowest BCUT2D eigenvalue weighted by molar-refractivity contribution is -0.156. The molecule has 0 radical (unpaired) electrons. The van der Waals surface area contributed by atoms with Gasteiger partial charge in [-0.05, 0) is 45.8 Å². The van der Waals surface area contributed by atoms with E-state index in [-0.39, 0.29) is 6.42 Å². The third kappa shape index (κ3) is 7.67. The van der Waals surface area contributed by atoms with Crippen molar-refractivity contribution < 1.29 is 19.3 Å². The van der Waals surface area contributed by atoms with Crippen molar-refractivity contribution in [3.05, 3.63) is 24.3 Å². The highest BCUT2D eigenvalue weighted by Gasteiger charge is 2.27. The molecule has 1 atom stereocenters. The van der Waals surface area contributed by atoms with Gasteiger partial charge in [-0.25, -0.2) is 0 Å². The second-order valence-corrected chi connectivity index (χ2v) is 6.30. The topological polar surface area (TPSA) is 114 Å². The maximum Gasteiger partial charge on any atom is 0.374 e. The number of nitrogen functional groups attached to an aromatic ring is 1. The van der Waals surface area contributed by atoms with Crippen LogP contribution in [0.15, 0.2) is 24.3 Å². The standard InChI is InChI=1S/C15H24BN3O4/c1-15(2,3)23-13(20)9-12(19-16(4)22)14(21)18-11-7-5-6-10(17)8-11/h5-8,12,19,22H,9,17H2,1-4H3,(H,18,21)/t12-/m1/s1. The first-order chi connectivity index (χ1) is 10.6. The van der Waals surface area contributed by atoms with E-state index in [2.05, 4.69) is 10.5 Å². The van der Waals surface area contributed by atoms with Crippen LogP contribution in [0.1, 0.15) is 27.2 Å². The molecule has 0 aliphatic carbocycles. The molecule has 0 heterocycles. The number of nitrogens with two attached hydrogens (primary N) is 1. The lowest BCUT2D eigenvalue weighted by Gasteiger charge is -2.23. The summed E-state index contributed by atoms with van der Waals surface area (Å²) in [6.45, 7) is 6.70. The fraction of sp³-hybridized carbons (Fsp3) is 0.467. The number of carbonyl (C=O) groups is 2. The molecule has 0 bridgehead atoms. The Morgan fingerprint density at radius 1 is 1.39 bits per heavy atom. The Balaban J connectivity index is 2.76. The molecule has 1 rings (SSSR count). The Morgan fingerprint density at radius 3 is 2.57 bits per heavy atom. The molecule has 5 N–H and O–H groups in total. The number of carbonyl (C=O) groups excluding carboxylic acids is 2. The van der Waals surface area contributed by atoms with Gasteiger partial charge in [-0.3, -0.25) is 9.59 Å². The molecule has 0 fully saturated rings. The lowest BCUT2D eigenvalue weighted by atomic mass is 9.86. The zero-order valence-electron chi connectivity index (χ0n) is 13.9. The SMILES string of the molecule is CB(O)N[C@H](CC(=O)OC(C)(C)C)C(=O)Nc1cccc(N)c1. The predicted octanol–water partition coefficient (Wildman–Crippen LogP) is 1.01. The van der Waals surface area contributed by atoms with E-state index in [1.54, 1.807) is 45.0 Å². The van der Waals surface area contributed by atoms with Crippen molar-refractivity contribution in [2.75, 3.05) is 11.1 Å². The molecule has 8 heteroatoms. The highest BCUT2D eigenvalue weighted by Crippen LogP contribution is 2.14. The molecule has 0 saturated carbocycles. The first-order valence-corrected chi connectivity index (χ1v) is 7.39. The summed E-state index contributed by atoms with van der Waals surface area (Å²) in [6.07, 6.45) is -0.198. The molecule has 23 heavy (non-hydrogen) atoms. The molecular formula is C15H24BN3O4. The monoisotopic (exact) mass is 321 g/mol. The van der Waals surface area contributed by atoms with E-state index in [1.165, 1.54) is 6.82 Å². The van der Waals surface area contributed by atoms with Crippen LogP contribution in [0, 0.1) is 0 Å². The number of hydrogen-bond donors (Lipinski definition) is 4. The third-order valence-corrected chi connectivity index (χ3v) is 2.70. The van der Waals surface area contributed by atoms with Crippen molar-refractivity contribution in [2.24, 2.45) is 0 Å². The van der Waals surface area contributed by atoms with Crippen LogP contribution in [0.5, 0.6) is 0 Å². The molecule has 0 aliphatic heterocycles. The second kappa shape index (κ2) is 7.98. The van der Waals surface area contributed by atoms with Gasteiger partial charge in [0.05, 0.1) is 12.5 Å². The zero-order valence-corrected chi connectivity index (χ0v) is 13.9. The van der Waals surface area contributed by atoms with Gasteiger partial charge in [0.1, 0.15) is 5.60 Å². The molecule has 0 saturated heterocycles. The fourth-order valence-corrected chi connectivity index (χ4v) is 1.91. The van der Waals surface area contributed by atoms with Crippen molar-refractivity contribution in [3.63, 3.8) is 0 Å². The summed E-state index contributed by atoms with van der Waals surface area (Å²) in [4.78, 5) is 24.2. The smallest absolute Gasteiger partial charge is 0.374 e. The molecule has 1 amide bonds. The van der Waals surface area contributed by atoms with Gasteiger partial charge in [0.2, 0.25) is 5.91 Å². The highest BCUT2D eigenvalue weighted by molar-refractivity contribution is 6.46. The predicted molar refractivity (Wildman–Crippen MR) is 90.7 cm³/mol. The fourth-order valence-electron chi connectivity index (χ4n) is 1.91. The van der Waals surface area contributed by atoms with E-state index in [0.29, 0.717) is 11.4 Å². The average Bonchev–Trinajstić information content (AvgIpc) is 2.34. The Hall–Kier alpha value is -2.06. The van der Waals surface area contributed by atoms with Crippen LogP contribution in [0.25, 0.3) is 0 Å². The summed E-state index contributed by atoms with van der Waals surface area (Å²) in [5.74, 6) is -0.985. The van der Waals surface area contributed by atoms with Crippen molar-refractivity contribution in [1.82, 2.24) is 5.23 Å². The Kier molecular flexibility index (Phi) is 6.59. The number of amides is 1. The van der Waals surface area contributed by atoms with Crippen LogP contribution >= 0.6 is 0 Å². The van der Waals surface area contributed by atoms with Gasteiger partial charge < -0.3 is 26.0 Å². The molecule has 0 unspecified atom stereocenters. The van der Waals surface area contributed by atoms with E-state index in [4.69, 9.17) is 10.5 Å². The first-order valence-electron chi connectivity index (χ1n) is 7.39. The number of benzene rings is 1. The first kappa shape index (κ1) is 19.0. The molecule has 0 aliphatic rings. The number of nitrogens with one attached hydrogen (secondary N) is 2. The highest BCUT2D eigenvalue weighted by atomic mass is 16.6. The Bertz CT molecular complexity index is 558. The number of esters is 1. The molecule has 0 aromatic heterocycles. The molecule has 1 aromatic carbocycles. The van der Waals surface area contributed by atoms with Crippen LogP contribution in [-0.4, -0.2) is 35.6 Å². The summed E-state index contributed by atoms with van der Waals surface area (Å²) < 4.78 is 5.21. The molecule has 0 spiro atoms. The number of ether oxygens (including phenoxy) is 1. The van der Waals surface area contributed by atoms with Gasteiger partial charge in [-0.15, -0.1) is 0 Å². The minimum Gasteiger partial charge on any atom is -0.460 e. The average molecular weight is 321 g/mol. The summed E-state index contributed by atoms with van der Waals surface area (Å²) in [6, 6.07) is 5.76. The number of anilines is 2. The maximum absolute atomic E-state index is 12.3. The molecular weight excluding hydrogens is 297 g/mol. The van der Waals surface area contributed by atoms with Crippen molar-refractivity contribution in [1.29, 1.82) is 0 Å². The van der Waals surface area contributed by atoms with Gasteiger partial charge in [-0.2, -0.15) is 0 Å². The Labute approximate surface area is 136 Å². The van der Waals surface area contributed by atoms with Crippen molar-refractivity contribution >= 4 is 30.3 Å². The van der Waals surface area contributed by atoms with E-state index >= 15 is 0 Å². The zero-order chi connectivity index (χ0) is 17.6. The minimum atomic E-state index is -0.950. The maximum atomic E-state index is 12.3. The van der Waals surface area contributed by atoms with Crippen LogP contribution in [0.3, 0.4) is 0 Å². The van der Waals surface area contributed by atoms with Gasteiger partial charge >= 0.3 is 13.0 Å². The van der Waals surface area contributed by atoms with Gasteiger partial charge in [0, 0.05) is 11.4 Å². The van der Waals surface area contributed by atoms with E-state index < -0.39 is 30.6 Å². The quantitative estimate of drug-likeness (QED) is 0.353. The van der Waals surface area contributed by atoms with Crippen LogP contribution in [0.2, 0.25) is 6.82 Å². The summed E-state index contributed by atoms with van der Waals surface area (Å²) in [5.41, 5.74) is 6.04. The van der Waals surface area contributed by atoms with Crippen molar-refractivity contribution in [3.8, 4) is 0 Å². The molecule has 1 aromatic rings.